The van der Waals surface area contributed by atoms with Gasteiger partial charge in [-0.25, -0.2) is 17.9 Å². The molecular formula is C13H20N2O5S. The van der Waals surface area contributed by atoms with Crippen molar-refractivity contribution in [3.63, 3.8) is 0 Å². The smallest absolute Gasteiger partial charge is 0.335 e. The highest BCUT2D eigenvalue weighted by Crippen LogP contribution is 2.25. The average Bonchev–Trinajstić information content (AvgIpc) is 2.35. The van der Waals surface area contributed by atoms with Crippen LogP contribution in [-0.2, 0) is 10.0 Å². The number of hydrogen-bond donors (Lipinski definition) is 2. The van der Waals surface area contributed by atoms with Crippen LogP contribution in [0.3, 0.4) is 0 Å². The van der Waals surface area contributed by atoms with E-state index in [4.69, 9.17) is 9.84 Å². The number of benzene rings is 1. The molecule has 0 aromatic heterocycles. The Balaban J connectivity index is 3.10. The summed E-state index contributed by atoms with van der Waals surface area (Å²) in [7, 11) is 1.19. The maximum atomic E-state index is 12.3. The molecule has 0 saturated heterocycles. The SMILES string of the molecule is COc1cc(C(=O)O)ccc1S(=O)(=O)NC(C)CN(C)C. The Labute approximate surface area is 124 Å². The van der Waals surface area contributed by atoms with Crippen molar-refractivity contribution >= 4 is 16.0 Å². The minimum atomic E-state index is -3.78. The Morgan fingerprint density at radius 2 is 2.05 bits per heavy atom. The van der Waals surface area contributed by atoms with Crippen LogP contribution in [0.15, 0.2) is 23.1 Å². The number of nitrogens with zero attached hydrogens (tertiary/aromatic N) is 1. The molecule has 0 aliphatic rings. The Bertz CT molecular complexity index is 613. The number of methoxy groups -OCH3 is 1. The summed E-state index contributed by atoms with van der Waals surface area (Å²) in [6.45, 7) is 2.28. The maximum Gasteiger partial charge on any atom is 0.335 e. The molecule has 0 bridgehead atoms. The minimum absolute atomic E-state index is 0.000506. The molecule has 0 heterocycles. The highest BCUT2D eigenvalue weighted by Gasteiger charge is 2.23. The fourth-order valence-corrected chi connectivity index (χ4v) is 3.32. The molecule has 0 aliphatic carbocycles. The van der Waals surface area contributed by atoms with E-state index in [1.165, 1.54) is 25.3 Å². The van der Waals surface area contributed by atoms with Gasteiger partial charge in [-0.05, 0) is 39.2 Å². The number of aromatic carboxylic acids is 1. The standard InChI is InChI=1S/C13H20N2O5S/c1-9(8-15(2)3)14-21(18,19)12-6-5-10(13(16)17)7-11(12)20-4/h5-7,9,14H,8H2,1-4H3,(H,16,17). The number of carboxylic acid groups (broad SMARTS) is 1. The molecule has 21 heavy (non-hydrogen) atoms. The summed E-state index contributed by atoms with van der Waals surface area (Å²) in [5.41, 5.74) is -0.0351. The second kappa shape index (κ2) is 6.88. The van der Waals surface area contributed by atoms with E-state index in [0.29, 0.717) is 6.54 Å². The number of hydrogen-bond acceptors (Lipinski definition) is 5. The largest absolute Gasteiger partial charge is 0.495 e. The highest BCUT2D eigenvalue weighted by molar-refractivity contribution is 7.89. The molecule has 0 saturated carbocycles. The van der Waals surface area contributed by atoms with Gasteiger partial charge in [0.15, 0.2) is 0 Å². The number of sulfonamides is 1. The van der Waals surface area contributed by atoms with E-state index in [0.717, 1.165) is 0 Å². The van der Waals surface area contributed by atoms with Crippen LogP contribution in [0.25, 0.3) is 0 Å². The van der Waals surface area contributed by atoms with Crippen molar-refractivity contribution in [1.29, 1.82) is 0 Å². The van der Waals surface area contributed by atoms with E-state index in [2.05, 4.69) is 4.72 Å². The van der Waals surface area contributed by atoms with E-state index >= 15 is 0 Å². The van der Waals surface area contributed by atoms with Crippen LogP contribution in [0.5, 0.6) is 5.75 Å². The summed E-state index contributed by atoms with van der Waals surface area (Å²) in [5.74, 6) is -1.15. The zero-order valence-electron chi connectivity index (χ0n) is 12.5. The molecular weight excluding hydrogens is 296 g/mol. The molecule has 0 aliphatic heterocycles. The molecule has 1 aromatic carbocycles. The van der Waals surface area contributed by atoms with Gasteiger partial charge in [0.2, 0.25) is 10.0 Å². The molecule has 7 nitrogen and oxygen atoms in total. The summed E-state index contributed by atoms with van der Waals surface area (Å²) in [5, 5.41) is 8.92. The van der Waals surface area contributed by atoms with Crippen LogP contribution < -0.4 is 9.46 Å². The first-order valence-electron chi connectivity index (χ1n) is 6.25. The van der Waals surface area contributed by atoms with Gasteiger partial charge in [0, 0.05) is 12.6 Å². The lowest BCUT2D eigenvalue weighted by atomic mass is 10.2. The van der Waals surface area contributed by atoms with Crippen molar-refractivity contribution in [2.24, 2.45) is 0 Å². The van der Waals surface area contributed by atoms with E-state index in [-0.39, 0.29) is 22.3 Å². The summed E-state index contributed by atoms with van der Waals surface area (Å²) < 4.78 is 32.2. The number of likely N-dealkylation sites (N-methyl/N-ethyl adjacent to an activating group) is 1. The predicted molar refractivity (Wildman–Crippen MR) is 78.3 cm³/mol. The number of ether oxygens (including phenoxy) is 1. The Morgan fingerprint density at radius 1 is 1.43 bits per heavy atom. The van der Waals surface area contributed by atoms with Crippen LogP contribution in [0, 0.1) is 0 Å². The van der Waals surface area contributed by atoms with Crippen molar-refractivity contribution in [3.05, 3.63) is 23.8 Å². The number of nitrogens with one attached hydrogen (secondary N) is 1. The third kappa shape index (κ3) is 4.69. The Kier molecular flexibility index (Phi) is 5.70. The summed E-state index contributed by atoms with van der Waals surface area (Å²) in [4.78, 5) is 12.7. The Hall–Kier alpha value is -1.64. The van der Waals surface area contributed by atoms with Gasteiger partial charge in [-0.15, -0.1) is 0 Å². The first kappa shape index (κ1) is 17.4. The average molecular weight is 316 g/mol. The van der Waals surface area contributed by atoms with Gasteiger partial charge >= 0.3 is 5.97 Å². The first-order chi connectivity index (χ1) is 9.67. The van der Waals surface area contributed by atoms with Crippen LogP contribution in [0.4, 0.5) is 0 Å². The van der Waals surface area contributed by atoms with Crippen LogP contribution in [0.2, 0.25) is 0 Å². The molecule has 0 radical (unpaired) electrons. The van der Waals surface area contributed by atoms with E-state index in [1.54, 1.807) is 6.92 Å². The number of carbonyl (C=O) groups is 1. The maximum absolute atomic E-state index is 12.3. The summed E-state index contributed by atoms with van der Waals surface area (Å²) >= 11 is 0. The summed E-state index contributed by atoms with van der Waals surface area (Å²) in [6.07, 6.45) is 0. The minimum Gasteiger partial charge on any atom is -0.495 e. The second-order valence-electron chi connectivity index (χ2n) is 4.96. The highest BCUT2D eigenvalue weighted by atomic mass is 32.2. The van der Waals surface area contributed by atoms with E-state index < -0.39 is 16.0 Å². The predicted octanol–water partition coefficient (Wildman–Crippen LogP) is 0.622. The van der Waals surface area contributed by atoms with Gasteiger partial charge in [-0.1, -0.05) is 0 Å². The molecule has 2 N–H and O–H groups in total. The normalized spacial score (nSPS) is 13.2. The molecule has 0 fully saturated rings. The van der Waals surface area contributed by atoms with Crippen molar-refractivity contribution in [2.45, 2.75) is 17.9 Å². The van der Waals surface area contributed by atoms with Gasteiger partial charge in [0.1, 0.15) is 10.6 Å². The fourth-order valence-electron chi connectivity index (χ4n) is 1.94. The second-order valence-corrected chi connectivity index (χ2v) is 6.64. The van der Waals surface area contributed by atoms with Gasteiger partial charge in [0.05, 0.1) is 12.7 Å². The lowest BCUT2D eigenvalue weighted by molar-refractivity contribution is 0.0696. The molecule has 1 unspecified atom stereocenters. The van der Waals surface area contributed by atoms with Gasteiger partial charge in [-0.3, -0.25) is 0 Å². The van der Waals surface area contributed by atoms with Crippen LogP contribution >= 0.6 is 0 Å². The zero-order valence-corrected chi connectivity index (χ0v) is 13.3. The Morgan fingerprint density at radius 3 is 2.52 bits per heavy atom. The molecule has 0 amide bonds. The quantitative estimate of drug-likeness (QED) is 0.765. The molecule has 118 valence electrons. The van der Waals surface area contributed by atoms with Crippen LogP contribution in [-0.4, -0.2) is 58.2 Å². The van der Waals surface area contributed by atoms with Crippen molar-refractivity contribution in [1.82, 2.24) is 9.62 Å². The number of carboxylic acids is 1. The number of rotatable bonds is 7. The first-order valence-corrected chi connectivity index (χ1v) is 7.74. The van der Waals surface area contributed by atoms with Crippen molar-refractivity contribution in [2.75, 3.05) is 27.7 Å². The molecule has 8 heteroatoms. The fraction of sp³-hybridized carbons (Fsp3) is 0.462. The molecule has 1 aromatic rings. The van der Waals surface area contributed by atoms with Crippen molar-refractivity contribution in [3.8, 4) is 5.75 Å². The van der Waals surface area contributed by atoms with Crippen LogP contribution in [0.1, 0.15) is 17.3 Å². The third-order valence-corrected chi connectivity index (χ3v) is 4.32. The van der Waals surface area contributed by atoms with Gasteiger partial charge in [0.25, 0.3) is 0 Å². The lowest BCUT2D eigenvalue weighted by Gasteiger charge is -2.19. The monoisotopic (exact) mass is 316 g/mol. The van der Waals surface area contributed by atoms with E-state index in [1.807, 2.05) is 19.0 Å². The van der Waals surface area contributed by atoms with Gasteiger partial charge < -0.3 is 14.7 Å². The zero-order chi connectivity index (χ0) is 16.2. The molecule has 1 atom stereocenters. The summed E-state index contributed by atoms with van der Waals surface area (Å²) in [6, 6.07) is 3.35. The molecule has 1 rings (SSSR count). The van der Waals surface area contributed by atoms with Crippen molar-refractivity contribution < 1.29 is 23.1 Å². The van der Waals surface area contributed by atoms with Gasteiger partial charge in [-0.2, -0.15) is 0 Å². The third-order valence-electron chi connectivity index (χ3n) is 2.70. The lowest BCUT2D eigenvalue weighted by Crippen LogP contribution is -2.39. The molecule has 0 spiro atoms. The topological polar surface area (TPSA) is 95.9 Å². The van der Waals surface area contributed by atoms with E-state index in [9.17, 15) is 13.2 Å².